The average molecular weight is 455 g/mol. The maximum absolute atomic E-state index is 11.0. The summed E-state index contributed by atoms with van der Waals surface area (Å²) < 4.78 is 5.58. The fourth-order valence-electron chi connectivity index (χ4n) is 3.66. The van der Waals surface area contributed by atoms with Crippen LogP contribution in [0.1, 0.15) is 16.7 Å². The van der Waals surface area contributed by atoms with E-state index in [0.29, 0.717) is 33.8 Å². The van der Waals surface area contributed by atoms with Crippen molar-refractivity contribution >= 4 is 40.4 Å². The van der Waals surface area contributed by atoms with E-state index in [2.05, 4.69) is 44.7 Å². The minimum atomic E-state index is -0.430. The first-order valence-electron chi connectivity index (χ1n) is 10.0. The molecular formula is C22H23ClN6O3. The van der Waals surface area contributed by atoms with Gasteiger partial charge in [-0.25, -0.2) is 4.98 Å². The number of aryl methyl sites for hydroxylation is 1. The molecule has 0 bridgehead atoms. The number of ether oxygens (including phenoxy) is 1. The Morgan fingerprint density at radius 3 is 2.72 bits per heavy atom. The van der Waals surface area contributed by atoms with Crippen LogP contribution in [0, 0.1) is 17.0 Å². The summed E-state index contributed by atoms with van der Waals surface area (Å²) in [7, 11) is 3.73. The summed E-state index contributed by atoms with van der Waals surface area (Å²) in [5, 5.41) is 17.7. The molecule has 3 aromatic rings. The Labute approximate surface area is 190 Å². The van der Waals surface area contributed by atoms with Crippen LogP contribution in [-0.2, 0) is 13.0 Å². The molecular weight excluding hydrogens is 432 g/mol. The van der Waals surface area contributed by atoms with Gasteiger partial charge in [-0.1, -0.05) is 11.6 Å². The van der Waals surface area contributed by atoms with Crippen LogP contribution in [-0.4, -0.2) is 40.5 Å². The Bertz CT molecular complexity index is 1190. The van der Waals surface area contributed by atoms with E-state index in [-0.39, 0.29) is 5.69 Å². The Kier molecular flexibility index (Phi) is 6.11. The number of rotatable bonds is 6. The number of methoxy groups -OCH3 is 1. The molecule has 1 aliphatic rings. The predicted molar refractivity (Wildman–Crippen MR) is 124 cm³/mol. The number of nitrogens with zero attached hydrogens (tertiary/aromatic N) is 4. The van der Waals surface area contributed by atoms with Crippen molar-refractivity contribution in [2.75, 3.05) is 31.3 Å². The Balaban J connectivity index is 1.61. The van der Waals surface area contributed by atoms with Gasteiger partial charge in [-0.2, -0.15) is 4.98 Å². The molecule has 1 aromatic heterocycles. The van der Waals surface area contributed by atoms with Gasteiger partial charge in [0.25, 0.3) is 5.69 Å². The van der Waals surface area contributed by atoms with Gasteiger partial charge in [-0.15, -0.1) is 0 Å². The van der Waals surface area contributed by atoms with Crippen molar-refractivity contribution in [1.29, 1.82) is 0 Å². The van der Waals surface area contributed by atoms with Gasteiger partial charge in [0, 0.05) is 30.9 Å². The zero-order chi connectivity index (χ0) is 22.8. The predicted octanol–water partition coefficient (Wildman–Crippen LogP) is 4.83. The van der Waals surface area contributed by atoms with Crippen LogP contribution < -0.4 is 15.4 Å². The van der Waals surface area contributed by atoms with Gasteiger partial charge in [-0.3, -0.25) is 10.1 Å². The van der Waals surface area contributed by atoms with E-state index in [1.54, 1.807) is 20.1 Å². The molecule has 2 N–H and O–H groups in total. The molecule has 0 saturated heterocycles. The number of halogens is 1. The van der Waals surface area contributed by atoms with E-state index in [1.807, 2.05) is 0 Å². The maximum Gasteiger partial charge on any atom is 0.269 e. The molecule has 2 heterocycles. The Morgan fingerprint density at radius 2 is 2.00 bits per heavy atom. The van der Waals surface area contributed by atoms with E-state index in [9.17, 15) is 10.1 Å². The number of nitrogens with one attached hydrogen (secondary N) is 2. The number of fused-ring (bicyclic) bond motifs is 1. The topological polar surface area (TPSA) is 105 Å². The summed E-state index contributed by atoms with van der Waals surface area (Å²) >= 11 is 6.30. The number of aromatic nitrogens is 2. The first kappa shape index (κ1) is 21.8. The number of hydrogen-bond donors (Lipinski definition) is 2. The molecule has 0 atom stereocenters. The third-order valence-electron chi connectivity index (χ3n) is 5.39. The first-order chi connectivity index (χ1) is 15.3. The summed E-state index contributed by atoms with van der Waals surface area (Å²) in [4.78, 5) is 21.6. The summed E-state index contributed by atoms with van der Waals surface area (Å²) in [5.74, 6) is 1.45. The number of nitro groups is 1. The van der Waals surface area contributed by atoms with Crippen molar-refractivity contribution in [2.24, 2.45) is 0 Å². The second kappa shape index (κ2) is 8.97. The van der Waals surface area contributed by atoms with Crippen molar-refractivity contribution < 1.29 is 9.66 Å². The highest BCUT2D eigenvalue weighted by atomic mass is 35.5. The fraction of sp³-hybridized carbons (Fsp3) is 0.273. The van der Waals surface area contributed by atoms with Crippen LogP contribution in [0.2, 0.25) is 5.02 Å². The van der Waals surface area contributed by atoms with E-state index in [4.69, 9.17) is 16.3 Å². The lowest BCUT2D eigenvalue weighted by molar-refractivity contribution is -0.384. The molecule has 0 amide bonds. The van der Waals surface area contributed by atoms with Crippen LogP contribution in [0.5, 0.6) is 5.75 Å². The average Bonchev–Trinajstić information content (AvgIpc) is 2.76. The Hall–Kier alpha value is -3.43. The summed E-state index contributed by atoms with van der Waals surface area (Å²) in [5.41, 5.74) is 4.66. The molecule has 0 unspecified atom stereocenters. The second-order valence-corrected chi connectivity index (χ2v) is 8.11. The van der Waals surface area contributed by atoms with Crippen LogP contribution in [0.4, 0.5) is 28.8 Å². The van der Waals surface area contributed by atoms with Crippen molar-refractivity contribution in [3.8, 4) is 5.75 Å². The first-order valence-corrected chi connectivity index (χ1v) is 10.4. The van der Waals surface area contributed by atoms with E-state index >= 15 is 0 Å². The molecule has 0 spiro atoms. The normalized spacial score (nSPS) is 13.4. The zero-order valence-corrected chi connectivity index (χ0v) is 18.7. The van der Waals surface area contributed by atoms with Gasteiger partial charge in [0.1, 0.15) is 10.8 Å². The highest BCUT2D eigenvalue weighted by Crippen LogP contribution is 2.34. The van der Waals surface area contributed by atoms with Gasteiger partial charge >= 0.3 is 0 Å². The third kappa shape index (κ3) is 4.58. The fourth-order valence-corrected chi connectivity index (χ4v) is 3.80. The Morgan fingerprint density at radius 1 is 1.19 bits per heavy atom. The van der Waals surface area contributed by atoms with Crippen LogP contribution in [0.15, 0.2) is 36.5 Å². The standard InChI is InChI=1S/C22H23ClN6O3/c1-13-8-16(29(30)31)4-5-18(13)25-21-17(23)11-24-22(27-21)26-19-9-15-12-28(2)7-6-14(15)10-20(19)32-3/h4-5,8-11H,6-7,12H2,1-3H3,(H2,24,25,26,27). The van der Waals surface area contributed by atoms with Crippen LogP contribution in [0.3, 0.4) is 0 Å². The molecule has 2 aromatic carbocycles. The summed E-state index contributed by atoms with van der Waals surface area (Å²) in [6.45, 7) is 3.65. The number of likely N-dealkylation sites (N-methyl/N-ethyl adjacent to an activating group) is 1. The van der Waals surface area contributed by atoms with Gasteiger partial charge in [0.15, 0.2) is 5.82 Å². The van der Waals surface area contributed by atoms with Gasteiger partial charge in [0.2, 0.25) is 5.95 Å². The van der Waals surface area contributed by atoms with Crippen molar-refractivity contribution in [2.45, 2.75) is 19.9 Å². The maximum atomic E-state index is 11.0. The highest BCUT2D eigenvalue weighted by molar-refractivity contribution is 6.32. The number of benzene rings is 2. The highest BCUT2D eigenvalue weighted by Gasteiger charge is 2.18. The lowest BCUT2D eigenvalue weighted by Crippen LogP contribution is -2.26. The molecule has 10 heteroatoms. The molecule has 0 saturated carbocycles. The number of anilines is 4. The number of hydrogen-bond acceptors (Lipinski definition) is 8. The van der Waals surface area contributed by atoms with Crippen molar-refractivity contribution in [1.82, 2.24) is 14.9 Å². The van der Waals surface area contributed by atoms with Crippen molar-refractivity contribution in [3.05, 3.63) is 68.4 Å². The van der Waals surface area contributed by atoms with Crippen LogP contribution >= 0.6 is 11.6 Å². The van der Waals surface area contributed by atoms with E-state index in [1.165, 1.54) is 29.5 Å². The van der Waals surface area contributed by atoms with Gasteiger partial charge < -0.3 is 20.3 Å². The smallest absolute Gasteiger partial charge is 0.269 e. The zero-order valence-electron chi connectivity index (χ0n) is 18.0. The van der Waals surface area contributed by atoms with Gasteiger partial charge in [0.05, 0.1) is 23.9 Å². The summed E-state index contributed by atoms with van der Waals surface area (Å²) in [6.07, 6.45) is 2.47. The third-order valence-corrected chi connectivity index (χ3v) is 5.67. The second-order valence-electron chi connectivity index (χ2n) is 7.71. The van der Waals surface area contributed by atoms with Crippen molar-refractivity contribution in [3.63, 3.8) is 0 Å². The number of nitro benzene ring substituents is 1. The largest absolute Gasteiger partial charge is 0.495 e. The van der Waals surface area contributed by atoms with Crippen LogP contribution in [0.25, 0.3) is 0 Å². The molecule has 166 valence electrons. The molecule has 4 rings (SSSR count). The lowest BCUT2D eigenvalue weighted by Gasteiger charge is -2.26. The molecule has 9 nitrogen and oxygen atoms in total. The monoisotopic (exact) mass is 454 g/mol. The molecule has 0 aliphatic carbocycles. The molecule has 1 aliphatic heterocycles. The minimum absolute atomic E-state index is 0.0225. The van der Waals surface area contributed by atoms with E-state index in [0.717, 1.165) is 25.2 Å². The quantitative estimate of drug-likeness (QED) is 0.403. The van der Waals surface area contributed by atoms with E-state index < -0.39 is 4.92 Å². The number of non-ortho nitro benzene ring substituents is 1. The molecule has 32 heavy (non-hydrogen) atoms. The molecule has 0 radical (unpaired) electrons. The van der Waals surface area contributed by atoms with Gasteiger partial charge in [-0.05, 0) is 55.3 Å². The minimum Gasteiger partial charge on any atom is -0.495 e. The summed E-state index contributed by atoms with van der Waals surface area (Å²) in [6, 6.07) is 8.67. The SMILES string of the molecule is COc1cc2c(cc1Nc1ncc(Cl)c(Nc3ccc([N+](=O)[O-])cc3C)n1)CN(C)CC2. The molecule has 0 fully saturated rings. The lowest BCUT2D eigenvalue weighted by atomic mass is 9.99.